The van der Waals surface area contributed by atoms with Crippen LogP contribution in [-0.2, 0) is 9.59 Å². The first-order chi connectivity index (χ1) is 10.5. The van der Waals surface area contributed by atoms with Gasteiger partial charge in [0.15, 0.2) is 5.78 Å². The summed E-state index contributed by atoms with van der Waals surface area (Å²) < 4.78 is 0. The molecule has 4 heteroatoms. The summed E-state index contributed by atoms with van der Waals surface area (Å²) in [5.41, 5.74) is 1.88. The van der Waals surface area contributed by atoms with Gasteiger partial charge in [0.2, 0.25) is 0 Å². The highest BCUT2D eigenvalue weighted by atomic mass is 16.4. The van der Waals surface area contributed by atoms with E-state index in [4.69, 9.17) is 5.11 Å². The number of carbonyl (C=O) groups is 2. The average molecular weight is 306 g/mol. The van der Waals surface area contributed by atoms with Crippen molar-refractivity contribution in [2.24, 2.45) is 0 Å². The SMILES string of the molecule is CC/C=C\CC1=C(/C=C/[C@@H](O)CCCCC(=O)O)C(=O)CC1. The Morgan fingerprint density at radius 2 is 2.05 bits per heavy atom. The van der Waals surface area contributed by atoms with Crippen LogP contribution in [0.25, 0.3) is 0 Å². The molecular weight excluding hydrogens is 280 g/mol. The fraction of sp³-hybridized carbons (Fsp3) is 0.556. The van der Waals surface area contributed by atoms with Gasteiger partial charge in [0, 0.05) is 18.4 Å². The summed E-state index contributed by atoms with van der Waals surface area (Å²) in [5.74, 6) is -0.661. The molecule has 122 valence electrons. The summed E-state index contributed by atoms with van der Waals surface area (Å²) in [6.07, 6.45) is 12.0. The van der Waals surface area contributed by atoms with Crippen molar-refractivity contribution in [3.05, 3.63) is 35.5 Å². The van der Waals surface area contributed by atoms with Crippen LogP contribution in [0.3, 0.4) is 0 Å². The number of aliphatic carboxylic acids is 1. The first-order valence-corrected chi connectivity index (χ1v) is 8.02. The number of Topliss-reactive ketones (excluding diaryl/α,β-unsaturated/α-hetero) is 1. The lowest BCUT2D eigenvalue weighted by atomic mass is 10.0. The fourth-order valence-corrected chi connectivity index (χ4v) is 2.48. The standard InChI is InChI=1S/C18H26O4/c1-2-3-4-7-14-10-13-17(20)16(14)12-11-15(19)8-5-6-9-18(21)22/h3-4,11-12,15,19H,2,5-10,13H2,1H3,(H,21,22)/b4-3-,12-11+/t15-/m0/s1. The Balaban J connectivity index is 2.49. The number of carboxylic acids is 1. The molecule has 0 unspecified atom stereocenters. The zero-order valence-corrected chi connectivity index (χ0v) is 13.3. The molecule has 1 aliphatic carbocycles. The third-order valence-electron chi connectivity index (χ3n) is 3.73. The van der Waals surface area contributed by atoms with Gasteiger partial charge in [-0.2, -0.15) is 0 Å². The van der Waals surface area contributed by atoms with Crippen molar-refractivity contribution in [2.75, 3.05) is 0 Å². The predicted molar refractivity (Wildman–Crippen MR) is 86.6 cm³/mol. The van der Waals surface area contributed by atoms with Crippen LogP contribution in [0.2, 0.25) is 0 Å². The molecule has 4 nitrogen and oxygen atoms in total. The van der Waals surface area contributed by atoms with Crippen LogP contribution in [0.1, 0.15) is 58.3 Å². The van der Waals surface area contributed by atoms with Crippen LogP contribution in [0.4, 0.5) is 0 Å². The largest absolute Gasteiger partial charge is 0.481 e. The van der Waals surface area contributed by atoms with Crippen molar-refractivity contribution in [3.8, 4) is 0 Å². The molecule has 1 aliphatic rings. The maximum absolute atomic E-state index is 11.9. The summed E-state index contributed by atoms with van der Waals surface area (Å²) in [4.78, 5) is 22.3. The Kier molecular flexibility index (Phi) is 8.44. The Morgan fingerprint density at radius 1 is 1.27 bits per heavy atom. The lowest BCUT2D eigenvalue weighted by Crippen LogP contribution is -2.04. The smallest absolute Gasteiger partial charge is 0.303 e. The van der Waals surface area contributed by atoms with Crippen LogP contribution in [-0.4, -0.2) is 28.1 Å². The Hall–Kier alpha value is -1.68. The molecule has 2 N–H and O–H groups in total. The minimum atomic E-state index is -0.809. The maximum atomic E-state index is 11.9. The average Bonchev–Trinajstić information content (AvgIpc) is 2.82. The lowest BCUT2D eigenvalue weighted by Gasteiger charge is -2.05. The normalized spacial score (nSPS) is 17.1. The summed E-state index contributed by atoms with van der Waals surface area (Å²) in [6, 6.07) is 0. The maximum Gasteiger partial charge on any atom is 0.303 e. The topological polar surface area (TPSA) is 74.6 Å². The van der Waals surface area contributed by atoms with E-state index in [2.05, 4.69) is 19.1 Å². The highest BCUT2D eigenvalue weighted by Gasteiger charge is 2.19. The molecule has 0 amide bonds. The van der Waals surface area contributed by atoms with Crippen LogP contribution >= 0.6 is 0 Å². The third kappa shape index (κ3) is 6.85. The third-order valence-corrected chi connectivity index (χ3v) is 3.73. The zero-order valence-electron chi connectivity index (χ0n) is 13.3. The molecule has 0 aromatic rings. The van der Waals surface area contributed by atoms with E-state index in [0.29, 0.717) is 25.7 Å². The number of hydrogen-bond acceptors (Lipinski definition) is 3. The molecule has 0 aliphatic heterocycles. The second kappa shape index (κ2) is 10.1. The van der Waals surface area contributed by atoms with Gasteiger partial charge >= 0.3 is 5.97 Å². The minimum Gasteiger partial charge on any atom is -0.481 e. The molecule has 0 aromatic heterocycles. The second-order valence-electron chi connectivity index (χ2n) is 5.59. The molecule has 0 spiro atoms. The Labute approximate surface area is 132 Å². The molecule has 22 heavy (non-hydrogen) atoms. The molecule has 0 saturated carbocycles. The molecule has 0 radical (unpaired) electrons. The lowest BCUT2D eigenvalue weighted by molar-refractivity contribution is -0.137. The number of allylic oxidation sites excluding steroid dienone is 5. The van der Waals surface area contributed by atoms with Crippen molar-refractivity contribution in [1.82, 2.24) is 0 Å². The number of rotatable bonds is 10. The van der Waals surface area contributed by atoms with Crippen LogP contribution in [0.5, 0.6) is 0 Å². The van der Waals surface area contributed by atoms with E-state index in [1.165, 1.54) is 0 Å². The van der Waals surface area contributed by atoms with Gasteiger partial charge in [0.05, 0.1) is 6.10 Å². The number of aliphatic hydroxyl groups is 1. The summed E-state index contributed by atoms with van der Waals surface area (Å²) in [6.45, 7) is 2.08. The monoisotopic (exact) mass is 306 g/mol. The number of unbranched alkanes of at least 4 members (excludes halogenated alkanes) is 1. The molecule has 1 rings (SSSR count). The van der Waals surface area contributed by atoms with Crippen LogP contribution in [0.15, 0.2) is 35.5 Å². The molecule has 0 fully saturated rings. The first kappa shape index (κ1) is 18.4. The number of aliphatic hydroxyl groups excluding tert-OH is 1. The van der Waals surface area contributed by atoms with E-state index in [1.54, 1.807) is 12.2 Å². The Bertz CT molecular complexity index is 471. The van der Waals surface area contributed by atoms with Gasteiger partial charge in [-0.15, -0.1) is 0 Å². The summed E-state index contributed by atoms with van der Waals surface area (Å²) >= 11 is 0. The van der Waals surface area contributed by atoms with Crippen molar-refractivity contribution in [1.29, 1.82) is 0 Å². The van der Waals surface area contributed by atoms with E-state index in [-0.39, 0.29) is 12.2 Å². The molecular formula is C18H26O4. The van der Waals surface area contributed by atoms with E-state index < -0.39 is 12.1 Å². The molecule has 0 bridgehead atoms. The van der Waals surface area contributed by atoms with Crippen molar-refractivity contribution in [3.63, 3.8) is 0 Å². The van der Waals surface area contributed by atoms with Crippen molar-refractivity contribution >= 4 is 11.8 Å². The van der Waals surface area contributed by atoms with Gasteiger partial charge in [-0.05, 0) is 38.5 Å². The van der Waals surface area contributed by atoms with Crippen molar-refractivity contribution in [2.45, 2.75) is 64.4 Å². The minimum absolute atomic E-state index is 0.133. The first-order valence-electron chi connectivity index (χ1n) is 8.02. The predicted octanol–water partition coefficient (Wildman–Crippen LogP) is 3.56. The molecule has 0 saturated heterocycles. The molecule has 0 heterocycles. The van der Waals surface area contributed by atoms with Gasteiger partial charge in [0.1, 0.15) is 0 Å². The van der Waals surface area contributed by atoms with E-state index in [0.717, 1.165) is 30.4 Å². The number of ketones is 1. The molecule has 0 aromatic carbocycles. The van der Waals surface area contributed by atoms with Crippen LogP contribution in [0, 0.1) is 0 Å². The summed E-state index contributed by atoms with van der Waals surface area (Å²) in [7, 11) is 0. The van der Waals surface area contributed by atoms with Gasteiger partial charge in [-0.3, -0.25) is 9.59 Å². The number of carbonyl (C=O) groups excluding carboxylic acids is 1. The quantitative estimate of drug-likeness (QED) is 0.478. The van der Waals surface area contributed by atoms with E-state index in [1.807, 2.05) is 0 Å². The molecule has 1 atom stereocenters. The fourth-order valence-electron chi connectivity index (χ4n) is 2.48. The van der Waals surface area contributed by atoms with Gasteiger partial charge in [-0.1, -0.05) is 36.8 Å². The van der Waals surface area contributed by atoms with Crippen molar-refractivity contribution < 1.29 is 19.8 Å². The van der Waals surface area contributed by atoms with Gasteiger partial charge in [0.25, 0.3) is 0 Å². The highest BCUT2D eigenvalue weighted by Crippen LogP contribution is 2.27. The second-order valence-corrected chi connectivity index (χ2v) is 5.59. The van der Waals surface area contributed by atoms with E-state index >= 15 is 0 Å². The highest BCUT2D eigenvalue weighted by molar-refractivity contribution is 6.01. The van der Waals surface area contributed by atoms with Gasteiger partial charge < -0.3 is 10.2 Å². The van der Waals surface area contributed by atoms with Crippen LogP contribution < -0.4 is 0 Å². The Morgan fingerprint density at radius 3 is 2.73 bits per heavy atom. The van der Waals surface area contributed by atoms with E-state index in [9.17, 15) is 14.7 Å². The summed E-state index contributed by atoms with van der Waals surface area (Å²) in [5, 5.41) is 18.4. The number of hydrogen-bond donors (Lipinski definition) is 2. The van der Waals surface area contributed by atoms with Gasteiger partial charge in [-0.25, -0.2) is 0 Å². The zero-order chi connectivity index (χ0) is 16.4. The number of carboxylic acid groups (broad SMARTS) is 1.